The summed E-state index contributed by atoms with van der Waals surface area (Å²) in [6.07, 6.45) is 1.47. The van der Waals surface area contributed by atoms with Gasteiger partial charge in [-0.1, -0.05) is 11.6 Å². The van der Waals surface area contributed by atoms with Crippen LogP contribution in [0.15, 0.2) is 24.4 Å². The molecule has 0 unspecified atom stereocenters. The van der Waals surface area contributed by atoms with Crippen molar-refractivity contribution in [1.82, 2.24) is 4.98 Å². The summed E-state index contributed by atoms with van der Waals surface area (Å²) in [5, 5.41) is 18.0. The van der Waals surface area contributed by atoms with Crippen LogP contribution in [0.3, 0.4) is 0 Å². The van der Waals surface area contributed by atoms with Crippen molar-refractivity contribution in [1.29, 1.82) is 10.5 Å². The van der Waals surface area contributed by atoms with Gasteiger partial charge in [0.2, 0.25) is 5.88 Å². The van der Waals surface area contributed by atoms with Gasteiger partial charge in [0.15, 0.2) is 0 Å². The number of rotatable bonds is 2. The third kappa shape index (κ3) is 2.56. The Balaban J connectivity index is 2.47. The van der Waals surface area contributed by atoms with Crippen LogP contribution in [0.5, 0.6) is 11.6 Å². The second kappa shape index (κ2) is 5.61. The van der Waals surface area contributed by atoms with Crippen molar-refractivity contribution in [3.63, 3.8) is 0 Å². The molecule has 0 saturated carbocycles. The van der Waals surface area contributed by atoms with Crippen LogP contribution in [0.1, 0.15) is 22.3 Å². The Morgan fingerprint density at radius 2 is 1.80 bits per heavy atom. The van der Waals surface area contributed by atoms with E-state index in [-0.39, 0.29) is 10.9 Å². The van der Waals surface area contributed by atoms with Crippen LogP contribution in [0.2, 0.25) is 5.02 Å². The first-order valence-corrected chi connectivity index (χ1v) is 6.18. The molecule has 0 spiro atoms. The molecule has 1 heterocycles. The van der Waals surface area contributed by atoms with Gasteiger partial charge in [0.05, 0.1) is 17.2 Å². The van der Waals surface area contributed by atoms with E-state index in [0.717, 1.165) is 11.1 Å². The first kappa shape index (κ1) is 13.9. The summed E-state index contributed by atoms with van der Waals surface area (Å²) in [5.74, 6) is 0.773. The molecule has 2 aromatic rings. The molecule has 0 fully saturated rings. The van der Waals surface area contributed by atoms with Gasteiger partial charge in [-0.2, -0.15) is 10.5 Å². The number of benzene rings is 1. The second-order valence-electron chi connectivity index (χ2n) is 4.24. The Labute approximate surface area is 121 Å². The third-order valence-electron chi connectivity index (χ3n) is 2.77. The van der Waals surface area contributed by atoms with Crippen LogP contribution in [-0.2, 0) is 0 Å². The minimum Gasteiger partial charge on any atom is -0.437 e. The first-order valence-electron chi connectivity index (χ1n) is 5.80. The predicted molar refractivity (Wildman–Crippen MR) is 74.7 cm³/mol. The van der Waals surface area contributed by atoms with Gasteiger partial charge in [0.25, 0.3) is 0 Å². The zero-order valence-corrected chi connectivity index (χ0v) is 11.7. The lowest BCUT2D eigenvalue weighted by Gasteiger charge is -2.12. The second-order valence-corrected chi connectivity index (χ2v) is 4.62. The molecule has 0 radical (unpaired) electrons. The average Bonchev–Trinajstić information content (AvgIpc) is 2.44. The fourth-order valence-electron chi connectivity index (χ4n) is 1.85. The number of nitriles is 2. The zero-order valence-electron chi connectivity index (χ0n) is 10.9. The van der Waals surface area contributed by atoms with E-state index in [4.69, 9.17) is 26.9 Å². The van der Waals surface area contributed by atoms with Crippen molar-refractivity contribution in [2.24, 2.45) is 0 Å². The summed E-state index contributed by atoms with van der Waals surface area (Å²) in [5.41, 5.74) is 2.49. The van der Waals surface area contributed by atoms with E-state index in [1.54, 1.807) is 12.1 Å². The average molecular weight is 284 g/mol. The Morgan fingerprint density at radius 1 is 1.15 bits per heavy atom. The zero-order chi connectivity index (χ0) is 14.7. The molecular formula is C15H10ClN3O. The predicted octanol–water partition coefficient (Wildman–Crippen LogP) is 3.89. The van der Waals surface area contributed by atoms with Gasteiger partial charge in [-0.3, -0.25) is 0 Å². The molecule has 0 aliphatic carbocycles. The lowest BCUT2D eigenvalue weighted by atomic mass is 10.1. The molecule has 1 aromatic carbocycles. The maximum atomic E-state index is 8.93. The quantitative estimate of drug-likeness (QED) is 0.838. The van der Waals surface area contributed by atoms with E-state index >= 15 is 0 Å². The molecular weight excluding hydrogens is 274 g/mol. The maximum absolute atomic E-state index is 8.93. The van der Waals surface area contributed by atoms with Crippen LogP contribution in [0, 0.1) is 36.5 Å². The highest BCUT2D eigenvalue weighted by Gasteiger charge is 2.13. The summed E-state index contributed by atoms with van der Waals surface area (Å²) >= 11 is 6.06. The molecule has 20 heavy (non-hydrogen) atoms. The maximum Gasteiger partial charge on any atom is 0.239 e. The van der Waals surface area contributed by atoms with Crippen LogP contribution in [-0.4, -0.2) is 4.98 Å². The number of pyridine rings is 1. The highest BCUT2D eigenvalue weighted by atomic mass is 35.5. The van der Waals surface area contributed by atoms with E-state index in [1.807, 2.05) is 19.9 Å². The van der Waals surface area contributed by atoms with Crippen LogP contribution in [0.4, 0.5) is 0 Å². The summed E-state index contributed by atoms with van der Waals surface area (Å²) in [6.45, 7) is 3.68. The number of nitrogens with zero attached hydrogens (tertiary/aromatic N) is 3. The Hall–Kier alpha value is -2.56. The summed E-state index contributed by atoms with van der Waals surface area (Å²) in [4.78, 5) is 4.04. The van der Waals surface area contributed by atoms with Crippen molar-refractivity contribution < 1.29 is 4.74 Å². The van der Waals surface area contributed by atoms with E-state index in [9.17, 15) is 0 Å². The van der Waals surface area contributed by atoms with E-state index in [0.29, 0.717) is 16.9 Å². The van der Waals surface area contributed by atoms with Crippen LogP contribution < -0.4 is 4.74 Å². The van der Waals surface area contributed by atoms with Gasteiger partial charge in [-0.05, 0) is 43.2 Å². The van der Waals surface area contributed by atoms with Crippen molar-refractivity contribution in [3.8, 4) is 23.8 Å². The van der Waals surface area contributed by atoms with Crippen molar-refractivity contribution in [2.45, 2.75) is 13.8 Å². The molecule has 0 atom stereocenters. The van der Waals surface area contributed by atoms with E-state index < -0.39 is 0 Å². The Morgan fingerprint density at radius 3 is 2.35 bits per heavy atom. The van der Waals surface area contributed by atoms with E-state index in [2.05, 4.69) is 11.1 Å². The fraction of sp³-hybridized carbons (Fsp3) is 0.133. The normalized spacial score (nSPS) is 9.65. The number of aryl methyl sites for hydroxylation is 2. The molecule has 0 amide bonds. The summed E-state index contributed by atoms with van der Waals surface area (Å²) in [7, 11) is 0. The smallest absolute Gasteiger partial charge is 0.239 e. The molecule has 5 heteroatoms. The van der Waals surface area contributed by atoms with Crippen molar-refractivity contribution >= 4 is 11.6 Å². The minimum absolute atomic E-state index is 0.179. The lowest BCUT2D eigenvalue weighted by molar-refractivity contribution is 0.456. The third-order valence-corrected chi connectivity index (χ3v) is 3.13. The summed E-state index contributed by atoms with van der Waals surface area (Å²) < 4.78 is 5.71. The van der Waals surface area contributed by atoms with Crippen LogP contribution >= 0.6 is 11.6 Å². The lowest BCUT2D eigenvalue weighted by Crippen LogP contribution is -1.96. The molecule has 4 nitrogen and oxygen atoms in total. The molecule has 0 aliphatic rings. The monoisotopic (exact) mass is 283 g/mol. The van der Waals surface area contributed by atoms with Crippen LogP contribution in [0.25, 0.3) is 0 Å². The molecule has 0 saturated heterocycles. The highest BCUT2D eigenvalue weighted by Crippen LogP contribution is 2.33. The molecule has 1 aromatic heterocycles. The first-order chi connectivity index (χ1) is 9.56. The molecule has 0 aliphatic heterocycles. The number of hydrogen-bond acceptors (Lipinski definition) is 4. The van der Waals surface area contributed by atoms with Crippen molar-refractivity contribution in [2.75, 3.05) is 0 Å². The van der Waals surface area contributed by atoms with Gasteiger partial charge >= 0.3 is 0 Å². The van der Waals surface area contributed by atoms with Gasteiger partial charge in [0.1, 0.15) is 16.8 Å². The number of hydrogen-bond donors (Lipinski definition) is 0. The number of halogens is 1. The van der Waals surface area contributed by atoms with Gasteiger partial charge in [0, 0.05) is 6.20 Å². The fourth-order valence-corrected chi connectivity index (χ4v) is 2.05. The summed E-state index contributed by atoms with van der Waals surface area (Å²) in [6, 6.07) is 9.04. The van der Waals surface area contributed by atoms with Crippen molar-refractivity contribution in [3.05, 3.63) is 51.7 Å². The van der Waals surface area contributed by atoms with Gasteiger partial charge in [-0.25, -0.2) is 4.98 Å². The number of aromatic nitrogens is 1. The van der Waals surface area contributed by atoms with E-state index in [1.165, 1.54) is 12.3 Å². The highest BCUT2D eigenvalue weighted by molar-refractivity contribution is 6.33. The topological polar surface area (TPSA) is 69.7 Å². The molecule has 0 bridgehead atoms. The van der Waals surface area contributed by atoms with Gasteiger partial charge < -0.3 is 4.74 Å². The standard InChI is InChI=1S/C15H10ClN3O/c1-9-5-11(7-17)6-10(2)14(9)20-15-13(16)12(8-18)3-4-19-15/h3-6H,1-2H3. The Kier molecular flexibility index (Phi) is 3.89. The molecule has 2 rings (SSSR count). The minimum atomic E-state index is 0.179. The largest absolute Gasteiger partial charge is 0.437 e. The Bertz CT molecular complexity index is 734. The SMILES string of the molecule is Cc1cc(C#N)cc(C)c1Oc1nccc(C#N)c1Cl. The number of ether oxygens (including phenoxy) is 1. The molecule has 98 valence electrons. The van der Waals surface area contributed by atoms with Gasteiger partial charge in [-0.15, -0.1) is 0 Å². The molecule has 0 N–H and O–H groups in total.